The minimum atomic E-state index is -5.06. The number of nitrogens with one attached hydrogen (secondary N) is 1. The molecule has 3 N–H and O–H groups in total. The highest BCUT2D eigenvalue weighted by Gasteiger charge is 2.44. The van der Waals surface area contributed by atoms with Gasteiger partial charge in [0.05, 0.1) is 9.82 Å². The first-order valence-electron chi connectivity index (χ1n) is 7.02. The van der Waals surface area contributed by atoms with Crippen LogP contribution >= 0.6 is 0 Å². The van der Waals surface area contributed by atoms with E-state index in [1.54, 1.807) is 0 Å². The molecule has 0 saturated heterocycles. The molecule has 0 unspecified atom stereocenters. The molecule has 0 atom stereocenters. The zero-order chi connectivity index (χ0) is 20.6. The molecule has 0 aliphatic rings. The number of anilines is 1. The smallest absolute Gasteiger partial charge is 0.324 e. The number of carbonyl (C=O) groups is 1. The van der Waals surface area contributed by atoms with Gasteiger partial charge in [-0.25, -0.2) is 13.6 Å². The Labute approximate surface area is 150 Å². The van der Waals surface area contributed by atoms with Crippen LogP contribution in [0.3, 0.4) is 0 Å². The second-order valence-electron chi connectivity index (χ2n) is 5.31. The van der Waals surface area contributed by atoms with Gasteiger partial charge in [-0.1, -0.05) is 0 Å². The van der Waals surface area contributed by atoms with E-state index in [-0.39, 0.29) is 10.6 Å². The standard InChI is InChI=1S/C13H12F3N5O5S/c1-7-11(21(23)24)12(13(14,15)16)19-20(7)6-10(22)18-8-2-4-9(5-3-8)27(17,25)26/h2-5H,6H2,1H3,(H,18,22)(H2,17,25,26). The average molecular weight is 407 g/mol. The van der Waals surface area contributed by atoms with Crippen molar-refractivity contribution < 1.29 is 31.3 Å². The van der Waals surface area contributed by atoms with E-state index < -0.39 is 50.7 Å². The summed E-state index contributed by atoms with van der Waals surface area (Å²) in [5.74, 6) is -0.826. The van der Waals surface area contributed by atoms with E-state index in [1.807, 2.05) is 0 Å². The summed E-state index contributed by atoms with van der Waals surface area (Å²) in [7, 11) is -3.92. The normalized spacial score (nSPS) is 12.0. The number of sulfonamides is 1. The second kappa shape index (κ2) is 6.96. The SMILES string of the molecule is Cc1c([N+](=O)[O-])c(C(F)(F)F)nn1CC(=O)Nc1ccc(S(N)(=O)=O)cc1. The number of nitrogens with zero attached hydrogens (tertiary/aromatic N) is 3. The molecule has 1 heterocycles. The summed E-state index contributed by atoms with van der Waals surface area (Å²) < 4.78 is 61.5. The maximum absolute atomic E-state index is 12.9. The third-order valence-corrected chi connectivity index (χ3v) is 4.32. The maximum atomic E-state index is 12.9. The summed E-state index contributed by atoms with van der Waals surface area (Å²) in [4.78, 5) is 21.5. The Kier molecular flexibility index (Phi) is 5.23. The third-order valence-electron chi connectivity index (χ3n) is 3.39. The molecule has 0 aliphatic heterocycles. The van der Waals surface area contributed by atoms with E-state index in [1.165, 1.54) is 12.1 Å². The van der Waals surface area contributed by atoms with Crippen molar-refractivity contribution in [3.8, 4) is 0 Å². The lowest BCUT2D eigenvalue weighted by molar-refractivity contribution is -0.388. The lowest BCUT2D eigenvalue weighted by Gasteiger charge is -2.07. The van der Waals surface area contributed by atoms with Gasteiger partial charge in [0.1, 0.15) is 12.2 Å². The molecule has 0 bridgehead atoms. The quantitative estimate of drug-likeness (QED) is 0.565. The number of amides is 1. The molecule has 27 heavy (non-hydrogen) atoms. The van der Waals surface area contributed by atoms with Crippen LogP contribution in [0, 0.1) is 17.0 Å². The molecular formula is C13H12F3N5O5S. The van der Waals surface area contributed by atoms with Crippen molar-refractivity contribution in [2.24, 2.45) is 5.14 Å². The van der Waals surface area contributed by atoms with E-state index in [0.717, 1.165) is 19.1 Å². The number of benzene rings is 1. The van der Waals surface area contributed by atoms with Crippen LogP contribution in [0.4, 0.5) is 24.5 Å². The number of hydrogen-bond acceptors (Lipinski definition) is 6. The molecular weight excluding hydrogens is 395 g/mol. The van der Waals surface area contributed by atoms with Crippen molar-refractivity contribution in [2.75, 3.05) is 5.32 Å². The van der Waals surface area contributed by atoms with Gasteiger partial charge in [0.2, 0.25) is 21.6 Å². The van der Waals surface area contributed by atoms with Crippen LogP contribution < -0.4 is 10.5 Å². The summed E-state index contributed by atoms with van der Waals surface area (Å²) in [5, 5.41) is 21.2. The Morgan fingerprint density at radius 1 is 1.33 bits per heavy atom. The number of aromatic nitrogens is 2. The predicted molar refractivity (Wildman–Crippen MR) is 85.1 cm³/mol. The molecule has 1 aromatic heterocycles. The number of carbonyl (C=O) groups excluding carboxylic acids is 1. The first-order valence-corrected chi connectivity index (χ1v) is 8.57. The van der Waals surface area contributed by atoms with Crippen LogP contribution in [-0.2, 0) is 27.5 Å². The average Bonchev–Trinajstić information content (AvgIpc) is 2.84. The van der Waals surface area contributed by atoms with Crippen LogP contribution in [0.1, 0.15) is 11.4 Å². The molecule has 2 aromatic rings. The number of nitrogens with two attached hydrogens (primary N) is 1. The maximum Gasteiger partial charge on any atom is 0.442 e. The number of rotatable bonds is 5. The van der Waals surface area contributed by atoms with Crippen LogP contribution in [-0.4, -0.2) is 29.0 Å². The fourth-order valence-corrected chi connectivity index (χ4v) is 2.68. The molecule has 1 aromatic carbocycles. The van der Waals surface area contributed by atoms with Crippen molar-refractivity contribution in [2.45, 2.75) is 24.5 Å². The zero-order valence-electron chi connectivity index (χ0n) is 13.5. The van der Waals surface area contributed by atoms with Crippen molar-refractivity contribution in [1.29, 1.82) is 0 Å². The summed E-state index contributed by atoms with van der Waals surface area (Å²) in [6, 6.07) is 4.68. The van der Waals surface area contributed by atoms with E-state index in [4.69, 9.17) is 5.14 Å². The highest BCUT2D eigenvalue weighted by molar-refractivity contribution is 7.89. The van der Waals surface area contributed by atoms with Gasteiger partial charge in [0.15, 0.2) is 0 Å². The molecule has 1 amide bonds. The first kappa shape index (κ1) is 20.3. The van der Waals surface area contributed by atoms with Gasteiger partial charge in [-0.05, 0) is 31.2 Å². The van der Waals surface area contributed by atoms with Gasteiger partial charge in [-0.3, -0.25) is 19.6 Å². The largest absolute Gasteiger partial charge is 0.442 e. The second-order valence-corrected chi connectivity index (χ2v) is 6.87. The van der Waals surface area contributed by atoms with E-state index in [0.29, 0.717) is 4.68 Å². The molecule has 2 rings (SSSR count). The Hall–Kier alpha value is -3.00. The van der Waals surface area contributed by atoms with Crippen LogP contribution in [0.5, 0.6) is 0 Å². The number of hydrogen-bond donors (Lipinski definition) is 2. The Bertz CT molecular complexity index is 999. The van der Waals surface area contributed by atoms with Gasteiger partial charge in [0.25, 0.3) is 0 Å². The van der Waals surface area contributed by atoms with Gasteiger partial charge in [0, 0.05) is 5.69 Å². The molecule has 0 radical (unpaired) electrons. The molecule has 0 spiro atoms. The van der Waals surface area contributed by atoms with Crippen LogP contribution in [0.2, 0.25) is 0 Å². The Morgan fingerprint density at radius 3 is 2.30 bits per heavy atom. The minimum Gasteiger partial charge on any atom is -0.324 e. The van der Waals surface area contributed by atoms with Crippen molar-refractivity contribution >= 4 is 27.3 Å². The molecule has 10 nitrogen and oxygen atoms in total. The Balaban J connectivity index is 2.22. The van der Waals surface area contributed by atoms with E-state index in [2.05, 4.69) is 10.4 Å². The Morgan fingerprint density at radius 2 is 1.89 bits per heavy atom. The number of primary sulfonamides is 1. The number of alkyl halides is 3. The summed E-state index contributed by atoms with van der Waals surface area (Å²) in [6.45, 7) is 0.314. The predicted octanol–water partition coefficient (Wildman–Crippen LogP) is 1.40. The molecule has 0 aliphatic carbocycles. The van der Waals surface area contributed by atoms with Crippen LogP contribution in [0.25, 0.3) is 0 Å². The zero-order valence-corrected chi connectivity index (χ0v) is 14.3. The molecule has 0 fully saturated rings. The third kappa shape index (κ3) is 4.59. The monoisotopic (exact) mass is 407 g/mol. The first-order chi connectivity index (χ1) is 12.3. The van der Waals surface area contributed by atoms with Gasteiger partial charge >= 0.3 is 11.9 Å². The van der Waals surface area contributed by atoms with Gasteiger partial charge < -0.3 is 5.32 Å². The van der Waals surface area contributed by atoms with E-state index in [9.17, 15) is 36.5 Å². The van der Waals surface area contributed by atoms with Crippen molar-refractivity contribution in [1.82, 2.24) is 9.78 Å². The van der Waals surface area contributed by atoms with Crippen molar-refractivity contribution in [3.63, 3.8) is 0 Å². The van der Waals surface area contributed by atoms with E-state index >= 15 is 0 Å². The number of halogens is 3. The summed E-state index contributed by atoms with van der Waals surface area (Å²) in [5.41, 5.74) is -3.22. The minimum absolute atomic E-state index is 0.141. The topological polar surface area (TPSA) is 150 Å². The summed E-state index contributed by atoms with van der Waals surface area (Å²) in [6.07, 6.45) is -5.06. The fourth-order valence-electron chi connectivity index (χ4n) is 2.16. The molecule has 14 heteroatoms. The summed E-state index contributed by atoms with van der Waals surface area (Å²) >= 11 is 0. The highest BCUT2D eigenvalue weighted by atomic mass is 32.2. The van der Waals surface area contributed by atoms with Crippen LogP contribution in [0.15, 0.2) is 29.2 Å². The highest BCUT2D eigenvalue weighted by Crippen LogP contribution is 2.36. The lowest BCUT2D eigenvalue weighted by Crippen LogP contribution is -2.21. The molecule has 146 valence electrons. The fraction of sp³-hybridized carbons (Fsp3) is 0.231. The van der Waals surface area contributed by atoms with Crippen molar-refractivity contribution in [3.05, 3.63) is 45.8 Å². The molecule has 0 saturated carbocycles. The van der Waals surface area contributed by atoms with Gasteiger partial charge in [-0.15, -0.1) is 0 Å². The lowest BCUT2D eigenvalue weighted by atomic mass is 10.3. The van der Waals surface area contributed by atoms with Gasteiger partial charge in [-0.2, -0.15) is 18.3 Å². The number of nitro groups is 1.